The summed E-state index contributed by atoms with van der Waals surface area (Å²) in [5.41, 5.74) is 1.37. The van der Waals surface area contributed by atoms with Crippen LogP contribution in [0.3, 0.4) is 0 Å². The zero-order chi connectivity index (χ0) is 11.1. The molecular weight excluding hydrogens is 202 g/mol. The SMILES string of the molecule is CCCSc1ccc(C(C)NCC)cc1. The Hall–Kier alpha value is -0.470. The van der Waals surface area contributed by atoms with Crippen LogP contribution in [0.4, 0.5) is 0 Å². The van der Waals surface area contributed by atoms with Crippen molar-refractivity contribution in [2.75, 3.05) is 12.3 Å². The van der Waals surface area contributed by atoms with Gasteiger partial charge in [0.05, 0.1) is 0 Å². The van der Waals surface area contributed by atoms with Gasteiger partial charge in [0.2, 0.25) is 0 Å². The summed E-state index contributed by atoms with van der Waals surface area (Å²) in [5.74, 6) is 1.21. The van der Waals surface area contributed by atoms with Crippen LogP contribution in [-0.2, 0) is 0 Å². The van der Waals surface area contributed by atoms with E-state index in [-0.39, 0.29) is 0 Å². The fraction of sp³-hybridized carbons (Fsp3) is 0.538. The smallest absolute Gasteiger partial charge is 0.0291 e. The highest BCUT2D eigenvalue weighted by Gasteiger charge is 2.02. The molecule has 84 valence electrons. The second-order valence-corrected chi connectivity index (χ2v) is 4.87. The zero-order valence-corrected chi connectivity index (χ0v) is 10.7. The third-order valence-electron chi connectivity index (χ3n) is 2.36. The van der Waals surface area contributed by atoms with Gasteiger partial charge in [-0.25, -0.2) is 0 Å². The zero-order valence-electron chi connectivity index (χ0n) is 9.92. The molecule has 1 unspecified atom stereocenters. The van der Waals surface area contributed by atoms with Gasteiger partial charge in [0, 0.05) is 10.9 Å². The Balaban J connectivity index is 2.55. The molecule has 0 aromatic heterocycles. The molecule has 0 radical (unpaired) electrons. The van der Waals surface area contributed by atoms with Crippen LogP contribution >= 0.6 is 11.8 Å². The van der Waals surface area contributed by atoms with E-state index in [2.05, 4.69) is 50.4 Å². The molecule has 1 nitrogen and oxygen atoms in total. The average molecular weight is 223 g/mol. The summed E-state index contributed by atoms with van der Waals surface area (Å²) in [7, 11) is 0. The van der Waals surface area contributed by atoms with E-state index in [1.54, 1.807) is 0 Å². The molecule has 15 heavy (non-hydrogen) atoms. The number of nitrogens with one attached hydrogen (secondary N) is 1. The molecule has 1 rings (SSSR count). The molecule has 1 aromatic carbocycles. The lowest BCUT2D eigenvalue weighted by Crippen LogP contribution is -2.17. The van der Waals surface area contributed by atoms with Crippen molar-refractivity contribution in [3.05, 3.63) is 29.8 Å². The number of rotatable bonds is 6. The Morgan fingerprint density at radius 2 is 1.87 bits per heavy atom. The van der Waals surface area contributed by atoms with E-state index in [9.17, 15) is 0 Å². The van der Waals surface area contributed by atoms with Gasteiger partial charge in [-0.15, -0.1) is 11.8 Å². The van der Waals surface area contributed by atoms with Gasteiger partial charge in [0.25, 0.3) is 0 Å². The molecule has 0 spiro atoms. The maximum Gasteiger partial charge on any atom is 0.0291 e. The van der Waals surface area contributed by atoms with Crippen molar-refractivity contribution in [3.8, 4) is 0 Å². The molecule has 0 saturated carbocycles. The van der Waals surface area contributed by atoms with Gasteiger partial charge < -0.3 is 5.32 Å². The molecule has 1 aromatic rings. The van der Waals surface area contributed by atoms with E-state index >= 15 is 0 Å². The first-order valence-electron chi connectivity index (χ1n) is 5.74. The van der Waals surface area contributed by atoms with Crippen molar-refractivity contribution < 1.29 is 0 Å². The first kappa shape index (κ1) is 12.6. The van der Waals surface area contributed by atoms with Crippen LogP contribution in [0.15, 0.2) is 29.2 Å². The standard InChI is InChI=1S/C13H21NS/c1-4-10-15-13-8-6-12(7-9-13)11(3)14-5-2/h6-9,11,14H,4-5,10H2,1-3H3. The van der Waals surface area contributed by atoms with Crippen molar-refractivity contribution in [2.45, 2.75) is 38.1 Å². The van der Waals surface area contributed by atoms with Gasteiger partial charge in [0.1, 0.15) is 0 Å². The predicted molar refractivity (Wildman–Crippen MR) is 69.5 cm³/mol. The molecule has 0 saturated heterocycles. The minimum absolute atomic E-state index is 0.459. The summed E-state index contributed by atoms with van der Waals surface area (Å²) in [6.07, 6.45) is 1.24. The van der Waals surface area contributed by atoms with Crippen LogP contribution in [0.5, 0.6) is 0 Å². The Kier molecular flexibility index (Phi) is 5.81. The highest BCUT2D eigenvalue weighted by atomic mass is 32.2. The summed E-state index contributed by atoms with van der Waals surface area (Å²) in [5, 5.41) is 3.42. The summed E-state index contributed by atoms with van der Waals surface area (Å²) in [4.78, 5) is 1.38. The molecule has 0 aliphatic carbocycles. The number of hydrogen-bond donors (Lipinski definition) is 1. The van der Waals surface area contributed by atoms with Crippen molar-refractivity contribution in [1.82, 2.24) is 5.32 Å². The number of thioether (sulfide) groups is 1. The second-order valence-electron chi connectivity index (χ2n) is 3.70. The van der Waals surface area contributed by atoms with E-state index in [1.165, 1.54) is 22.6 Å². The van der Waals surface area contributed by atoms with Crippen molar-refractivity contribution >= 4 is 11.8 Å². The van der Waals surface area contributed by atoms with Crippen molar-refractivity contribution in [3.63, 3.8) is 0 Å². The molecule has 2 heteroatoms. The van der Waals surface area contributed by atoms with Gasteiger partial charge in [0.15, 0.2) is 0 Å². The van der Waals surface area contributed by atoms with Crippen LogP contribution in [0.25, 0.3) is 0 Å². The third kappa shape index (κ3) is 4.27. The maximum absolute atomic E-state index is 3.42. The molecular formula is C13H21NS. The van der Waals surface area contributed by atoms with Gasteiger partial charge >= 0.3 is 0 Å². The minimum atomic E-state index is 0.459. The first-order chi connectivity index (χ1) is 7.27. The van der Waals surface area contributed by atoms with Gasteiger partial charge in [-0.2, -0.15) is 0 Å². The summed E-state index contributed by atoms with van der Waals surface area (Å²) in [6.45, 7) is 7.59. The molecule has 0 fully saturated rings. The fourth-order valence-corrected chi connectivity index (χ4v) is 2.27. The van der Waals surface area contributed by atoms with Crippen molar-refractivity contribution in [1.29, 1.82) is 0 Å². The normalized spacial score (nSPS) is 12.7. The molecule has 0 amide bonds. The first-order valence-corrected chi connectivity index (χ1v) is 6.72. The highest BCUT2D eigenvalue weighted by molar-refractivity contribution is 7.99. The monoisotopic (exact) mass is 223 g/mol. The fourth-order valence-electron chi connectivity index (χ4n) is 1.50. The number of benzene rings is 1. The second kappa shape index (κ2) is 6.91. The quantitative estimate of drug-likeness (QED) is 0.735. The molecule has 0 heterocycles. The highest BCUT2D eigenvalue weighted by Crippen LogP contribution is 2.21. The summed E-state index contributed by atoms with van der Waals surface area (Å²) >= 11 is 1.93. The average Bonchev–Trinajstić information content (AvgIpc) is 2.27. The van der Waals surface area contributed by atoms with Gasteiger partial charge in [-0.3, -0.25) is 0 Å². The lowest BCUT2D eigenvalue weighted by atomic mass is 10.1. The van der Waals surface area contributed by atoms with E-state index in [0.29, 0.717) is 6.04 Å². The van der Waals surface area contributed by atoms with Crippen LogP contribution < -0.4 is 5.32 Å². The molecule has 1 atom stereocenters. The molecule has 1 N–H and O–H groups in total. The molecule has 0 bridgehead atoms. The molecule has 0 aliphatic heterocycles. The Morgan fingerprint density at radius 3 is 2.40 bits per heavy atom. The van der Waals surface area contributed by atoms with Crippen molar-refractivity contribution in [2.24, 2.45) is 0 Å². The van der Waals surface area contributed by atoms with E-state index in [0.717, 1.165) is 6.54 Å². The van der Waals surface area contributed by atoms with E-state index in [4.69, 9.17) is 0 Å². The number of hydrogen-bond acceptors (Lipinski definition) is 2. The Labute approximate surface area is 97.7 Å². The third-order valence-corrected chi connectivity index (χ3v) is 3.58. The lowest BCUT2D eigenvalue weighted by Gasteiger charge is -2.12. The largest absolute Gasteiger partial charge is 0.310 e. The summed E-state index contributed by atoms with van der Waals surface area (Å²) < 4.78 is 0. The Morgan fingerprint density at radius 1 is 1.20 bits per heavy atom. The Bertz CT molecular complexity index is 268. The predicted octanol–water partition coefficient (Wildman–Crippen LogP) is 3.86. The van der Waals surface area contributed by atoms with Gasteiger partial charge in [-0.1, -0.05) is 26.0 Å². The van der Waals surface area contributed by atoms with E-state index < -0.39 is 0 Å². The maximum atomic E-state index is 3.42. The van der Waals surface area contributed by atoms with Crippen LogP contribution in [0, 0.1) is 0 Å². The van der Waals surface area contributed by atoms with Crippen LogP contribution in [-0.4, -0.2) is 12.3 Å². The minimum Gasteiger partial charge on any atom is -0.310 e. The van der Waals surface area contributed by atoms with Gasteiger partial charge in [-0.05, 0) is 43.3 Å². The summed E-state index contributed by atoms with van der Waals surface area (Å²) in [6, 6.07) is 9.36. The van der Waals surface area contributed by atoms with Crippen LogP contribution in [0.1, 0.15) is 38.8 Å². The lowest BCUT2D eigenvalue weighted by molar-refractivity contribution is 0.598. The topological polar surface area (TPSA) is 12.0 Å². The van der Waals surface area contributed by atoms with E-state index in [1.807, 2.05) is 11.8 Å². The molecule has 0 aliphatic rings. The van der Waals surface area contributed by atoms with Crippen LogP contribution in [0.2, 0.25) is 0 Å².